The molecule has 2 aromatic carbocycles. The molecule has 0 bridgehead atoms. The zero-order chi connectivity index (χ0) is 16.1. The van der Waals surface area contributed by atoms with Gasteiger partial charge in [0.05, 0.1) is 31.4 Å². The fourth-order valence-electron chi connectivity index (χ4n) is 2.04. The van der Waals surface area contributed by atoms with Crippen molar-refractivity contribution >= 4 is 5.69 Å². The summed E-state index contributed by atoms with van der Waals surface area (Å²) in [6.45, 7) is -0.369. The van der Waals surface area contributed by atoms with Crippen LogP contribution in [-0.2, 0) is 0 Å². The van der Waals surface area contributed by atoms with Crippen molar-refractivity contribution in [3.05, 3.63) is 59.2 Å². The molecular weight excluding hydrogens is 290 g/mol. The van der Waals surface area contributed by atoms with Crippen LogP contribution in [0.5, 0.6) is 5.75 Å². The lowest BCUT2D eigenvalue weighted by Crippen LogP contribution is -2.17. The van der Waals surface area contributed by atoms with E-state index < -0.39 is 17.7 Å². The molecule has 22 heavy (non-hydrogen) atoms. The second-order valence-electron chi connectivity index (χ2n) is 4.58. The average molecular weight is 304 g/mol. The molecule has 0 spiro atoms. The van der Waals surface area contributed by atoms with Gasteiger partial charge in [-0.05, 0) is 29.8 Å². The van der Waals surface area contributed by atoms with Crippen LogP contribution in [0, 0.1) is 23.0 Å². The first-order valence-corrected chi connectivity index (χ1v) is 6.49. The van der Waals surface area contributed by atoms with Crippen molar-refractivity contribution in [1.82, 2.24) is 0 Å². The summed E-state index contributed by atoms with van der Waals surface area (Å²) in [6.07, 6.45) is 0. The van der Waals surface area contributed by atoms with Crippen LogP contribution in [0.15, 0.2) is 36.4 Å². The number of anilines is 1. The molecule has 0 amide bonds. The Labute approximate surface area is 126 Å². The van der Waals surface area contributed by atoms with E-state index in [0.29, 0.717) is 11.3 Å². The smallest absolute Gasteiger partial charge is 0.150 e. The summed E-state index contributed by atoms with van der Waals surface area (Å²) in [7, 11) is 1.50. The van der Waals surface area contributed by atoms with Crippen LogP contribution >= 0.6 is 0 Å². The highest BCUT2D eigenvalue weighted by Gasteiger charge is 2.17. The van der Waals surface area contributed by atoms with Crippen molar-refractivity contribution in [2.45, 2.75) is 6.04 Å². The quantitative estimate of drug-likeness (QED) is 0.891. The molecule has 0 heterocycles. The topological polar surface area (TPSA) is 65.3 Å². The van der Waals surface area contributed by atoms with Crippen molar-refractivity contribution in [2.75, 3.05) is 19.0 Å². The third-order valence-corrected chi connectivity index (χ3v) is 3.17. The molecule has 0 saturated carbocycles. The van der Waals surface area contributed by atoms with Gasteiger partial charge in [-0.15, -0.1) is 0 Å². The number of aliphatic hydroxyl groups excluding tert-OH is 1. The minimum Gasteiger partial charge on any atom is -0.497 e. The predicted molar refractivity (Wildman–Crippen MR) is 77.5 cm³/mol. The van der Waals surface area contributed by atoms with Crippen molar-refractivity contribution in [1.29, 1.82) is 5.26 Å². The highest BCUT2D eigenvalue weighted by atomic mass is 19.1. The summed E-state index contributed by atoms with van der Waals surface area (Å²) in [5.41, 5.74) is 0.119. The van der Waals surface area contributed by atoms with Crippen molar-refractivity contribution in [2.24, 2.45) is 0 Å². The van der Waals surface area contributed by atoms with Crippen LogP contribution in [0.1, 0.15) is 17.2 Å². The first-order chi connectivity index (χ1) is 10.6. The summed E-state index contributed by atoms with van der Waals surface area (Å²) in [6, 6.07) is 9.63. The van der Waals surface area contributed by atoms with Crippen LogP contribution in [0.4, 0.5) is 14.5 Å². The van der Waals surface area contributed by atoms with Crippen molar-refractivity contribution in [3.63, 3.8) is 0 Å². The number of hydrogen-bond donors (Lipinski definition) is 2. The first-order valence-electron chi connectivity index (χ1n) is 6.49. The van der Waals surface area contributed by atoms with E-state index in [1.165, 1.54) is 7.11 Å². The van der Waals surface area contributed by atoms with E-state index >= 15 is 0 Å². The Bertz CT molecular complexity index is 691. The maximum atomic E-state index is 13.9. The molecule has 0 aromatic heterocycles. The number of aliphatic hydroxyl groups is 1. The number of ether oxygens (including phenoxy) is 1. The first kappa shape index (κ1) is 15.7. The number of nitrogens with zero attached hydrogens (tertiary/aromatic N) is 1. The zero-order valence-corrected chi connectivity index (χ0v) is 11.8. The lowest BCUT2D eigenvalue weighted by Gasteiger charge is -2.19. The van der Waals surface area contributed by atoms with Crippen molar-refractivity contribution in [3.8, 4) is 11.8 Å². The molecule has 0 radical (unpaired) electrons. The number of nitrogens with one attached hydrogen (secondary N) is 1. The van der Waals surface area contributed by atoms with E-state index in [9.17, 15) is 13.9 Å². The predicted octanol–water partition coefficient (Wildman–Crippen LogP) is 2.99. The number of methoxy groups -OCH3 is 1. The third-order valence-electron chi connectivity index (χ3n) is 3.17. The molecule has 1 atom stereocenters. The Morgan fingerprint density at radius 3 is 2.50 bits per heavy atom. The van der Waals surface area contributed by atoms with Gasteiger partial charge in [-0.1, -0.05) is 12.1 Å². The van der Waals surface area contributed by atoms with E-state index in [-0.39, 0.29) is 17.9 Å². The number of nitriles is 1. The fourth-order valence-corrected chi connectivity index (χ4v) is 2.04. The summed E-state index contributed by atoms with van der Waals surface area (Å²) >= 11 is 0. The van der Waals surface area contributed by atoms with Gasteiger partial charge in [0, 0.05) is 0 Å². The Hall–Kier alpha value is -2.65. The Morgan fingerprint density at radius 2 is 1.95 bits per heavy atom. The lowest BCUT2D eigenvalue weighted by atomic mass is 10.1. The van der Waals surface area contributed by atoms with Crippen LogP contribution in [0.3, 0.4) is 0 Å². The molecule has 114 valence electrons. The molecule has 2 rings (SSSR count). The monoisotopic (exact) mass is 304 g/mol. The number of rotatable bonds is 5. The van der Waals surface area contributed by atoms with Gasteiger partial charge < -0.3 is 15.2 Å². The van der Waals surface area contributed by atoms with Crippen LogP contribution < -0.4 is 10.1 Å². The highest BCUT2D eigenvalue weighted by Crippen LogP contribution is 2.27. The lowest BCUT2D eigenvalue weighted by molar-refractivity contribution is 0.275. The minimum atomic E-state index is -0.891. The van der Waals surface area contributed by atoms with Gasteiger partial charge in [0.1, 0.15) is 11.4 Å². The normalized spacial score (nSPS) is 11.6. The van der Waals surface area contributed by atoms with Gasteiger partial charge in [0.2, 0.25) is 0 Å². The Morgan fingerprint density at radius 1 is 1.27 bits per heavy atom. The second kappa shape index (κ2) is 6.87. The summed E-state index contributed by atoms with van der Waals surface area (Å²) < 4.78 is 32.9. The van der Waals surface area contributed by atoms with E-state index in [4.69, 9.17) is 10.00 Å². The van der Waals surface area contributed by atoms with Crippen LogP contribution in [-0.4, -0.2) is 18.8 Å². The van der Waals surface area contributed by atoms with Gasteiger partial charge in [-0.2, -0.15) is 5.26 Å². The third kappa shape index (κ3) is 3.32. The molecule has 0 unspecified atom stereocenters. The maximum absolute atomic E-state index is 13.9. The molecule has 2 N–H and O–H groups in total. The van der Waals surface area contributed by atoms with E-state index in [1.54, 1.807) is 30.3 Å². The zero-order valence-electron chi connectivity index (χ0n) is 11.8. The second-order valence-corrected chi connectivity index (χ2v) is 4.58. The van der Waals surface area contributed by atoms with Gasteiger partial charge in [-0.25, -0.2) is 8.78 Å². The number of benzene rings is 2. The van der Waals surface area contributed by atoms with E-state index in [1.807, 2.05) is 0 Å². The van der Waals surface area contributed by atoms with Crippen molar-refractivity contribution < 1.29 is 18.6 Å². The standard InChI is InChI=1S/C16H14F2N2O2/c1-22-12-4-2-3-11(7-12)15(9-21)20-16-13(17)5-10(8-19)6-14(16)18/h2-7,15,20-21H,9H2,1H3/t15-/m0/s1. The molecule has 0 aliphatic carbocycles. The molecule has 0 saturated heterocycles. The van der Waals surface area contributed by atoms with Gasteiger partial charge in [-0.3, -0.25) is 0 Å². The maximum Gasteiger partial charge on any atom is 0.150 e. The fraction of sp³-hybridized carbons (Fsp3) is 0.188. The van der Waals surface area contributed by atoms with Gasteiger partial charge >= 0.3 is 0 Å². The molecule has 0 aliphatic rings. The van der Waals surface area contributed by atoms with Gasteiger partial charge in [0.15, 0.2) is 11.6 Å². The number of halogens is 2. The minimum absolute atomic E-state index is 0.109. The summed E-state index contributed by atoms with van der Waals surface area (Å²) in [5.74, 6) is -1.21. The Kier molecular flexibility index (Phi) is 4.92. The number of hydrogen-bond acceptors (Lipinski definition) is 4. The molecule has 4 nitrogen and oxygen atoms in total. The highest BCUT2D eigenvalue weighted by molar-refractivity contribution is 5.52. The molecule has 0 aliphatic heterocycles. The van der Waals surface area contributed by atoms with Crippen LogP contribution in [0.25, 0.3) is 0 Å². The largest absolute Gasteiger partial charge is 0.497 e. The molecule has 6 heteroatoms. The average Bonchev–Trinajstić information content (AvgIpc) is 2.54. The van der Waals surface area contributed by atoms with Gasteiger partial charge in [0.25, 0.3) is 0 Å². The van der Waals surface area contributed by atoms with E-state index in [2.05, 4.69) is 5.32 Å². The summed E-state index contributed by atoms with van der Waals surface area (Å²) in [5, 5.41) is 20.8. The van der Waals surface area contributed by atoms with Crippen LogP contribution in [0.2, 0.25) is 0 Å². The summed E-state index contributed by atoms with van der Waals surface area (Å²) in [4.78, 5) is 0. The molecule has 0 fully saturated rings. The molecular formula is C16H14F2N2O2. The Balaban J connectivity index is 2.33. The van der Waals surface area contributed by atoms with E-state index in [0.717, 1.165) is 12.1 Å². The molecule has 2 aromatic rings. The SMILES string of the molecule is COc1cccc([C@H](CO)Nc2c(F)cc(C#N)cc2F)c1.